The molecule has 4 nitrogen and oxygen atoms in total. The van der Waals surface area contributed by atoms with Crippen LogP contribution in [0, 0.1) is 18.8 Å². The molecular formula is C17H23NO3. The molecule has 0 unspecified atom stereocenters. The molecule has 0 aliphatic carbocycles. The minimum Gasteiger partial charge on any atom is -0.384 e. The van der Waals surface area contributed by atoms with Crippen LogP contribution >= 0.6 is 0 Å². The van der Waals surface area contributed by atoms with Crippen LogP contribution in [0.25, 0.3) is 0 Å². The molecule has 0 aliphatic rings. The molecule has 2 N–H and O–H groups in total. The first-order valence-corrected chi connectivity index (χ1v) is 7.25. The highest BCUT2D eigenvalue weighted by Crippen LogP contribution is 2.10. The lowest BCUT2D eigenvalue weighted by atomic mass is 10.0. The molecule has 0 aliphatic heterocycles. The molecule has 0 saturated carbocycles. The smallest absolute Gasteiger partial charge is 0.251 e. The molecule has 0 fully saturated rings. The number of amides is 1. The Bertz CT molecular complexity index is 515. The van der Waals surface area contributed by atoms with Gasteiger partial charge in [-0.05, 0) is 37.1 Å². The van der Waals surface area contributed by atoms with Crippen molar-refractivity contribution in [3.8, 4) is 11.8 Å². The first kappa shape index (κ1) is 17.2. The zero-order valence-corrected chi connectivity index (χ0v) is 12.7. The second-order valence-electron chi connectivity index (χ2n) is 4.71. The molecule has 0 bridgehead atoms. The van der Waals surface area contributed by atoms with Crippen LogP contribution in [0.2, 0.25) is 0 Å². The van der Waals surface area contributed by atoms with Gasteiger partial charge in [0.25, 0.3) is 5.91 Å². The Morgan fingerprint density at radius 3 is 2.86 bits per heavy atom. The number of aryl methyl sites for hydroxylation is 1. The van der Waals surface area contributed by atoms with Crippen LogP contribution in [0.3, 0.4) is 0 Å². The predicted molar refractivity (Wildman–Crippen MR) is 83.2 cm³/mol. The lowest BCUT2D eigenvalue weighted by Crippen LogP contribution is -2.27. The Morgan fingerprint density at radius 1 is 1.38 bits per heavy atom. The fourth-order valence-corrected chi connectivity index (χ4v) is 1.77. The van der Waals surface area contributed by atoms with Gasteiger partial charge in [-0.1, -0.05) is 25.2 Å². The fourth-order valence-electron chi connectivity index (χ4n) is 1.77. The second-order valence-corrected chi connectivity index (χ2v) is 4.71. The summed E-state index contributed by atoms with van der Waals surface area (Å²) in [5.74, 6) is 5.34. The number of ether oxygens (including phenoxy) is 1. The van der Waals surface area contributed by atoms with E-state index in [0.717, 1.165) is 30.6 Å². The number of carbonyl (C=O) groups is 1. The molecule has 1 rings (SSSR count). The summed E-state index contributed by atoms with van der Waals surface area (Å²) in [6.07, 6.45) is 2.15. The van der Waals surface area contributed by atoms with Crippen molar-refractivity contribution in [3.05, 3.63) is 34.9 Å². The molecule has 4 heteroatoms. The van der Waals surface area contributed by atoms with Gasteiger partial charge >= 0.3 is 0 Å². The van der Waals surface area contributed by atoms with Crippen molar-refractivity contribution in [2.75, 3.05) is 26.4 Å². The van der Waals surface area contributed by atoms with Crippen molar-refractivity contribution < 1.29 is 14.6 Å². The minimum atomic E-state index is -0.167. The van der Waals surface area contributed by atoms with E-state index >= 15 is 0 Å². The number of rotatable bonds is 7. The van der Waals surface area contributed by atoms with E-state index in [1.54, 1.807) is 18.2 Å². The molecular weight excluding hydrogens is 266 g/mol. The summed E-state index contributed by atoms with van der Waals surface area (Å²) in [6.45, 7) is 5.62. The van der Waals surface area contributed by atoms with E-state index in [9.17, 15) is 4.79 Å². The van der Waals surface area contributed by atoms with Crippen molar-refractivity contribution in [1.29, 1.82) is 0 Å². The molecule has 0 radical (unpaired) electrons. The standard InChI is InChI=1S/C17H23NO3/c1-3-4-11-21-12-9-18-17(20)16-8-7-15(6-5-10-19)14(2)13-16/h7-8,13,19H,3-4,9-12H2,1-2H3,(H,18,20). The maximum atomic E-state index is 12.0. The molecule has 114 valence electrons. The summed E-state index contributed by atoms with van der Waals surface area (Å²) in [5, 5.41) is 11.5. The summed E-state index contributed by atoms with van der Waals surface area (Å²) in [5.41, 5.74) is 2.35. The molecule has 1 aromatic rings. The molecule has 0 spiro atoms. The number of hydrogen-bond donors (Lipinski definition) is 2. The van der Waals surface area contributed by atoms with Crippen LogP contribution in [-0.2, 0) is 4.74 Å². The average molecular weight is 289 g/mol. The quantitative estimate of drug-likeness (QED) is 0.595. The van der Waals surface area contributed by atoms with Crippen LogP contribution in [0.15, 0.2) is 18.2 Å². The number of benzene rings is 1. The third-order valence-corrected chi connectivity index (χ3v) is 2.96. The van der Waals surface area contributed by atoms with Gasteiger partial charge in [-0.2, -0.15) is 0 Å². The zero-order valence-electron chi connectivity index (χ0n) is 12.7. The molecule has 0 saturated heterocycles. The molecule has 0 atom stereocenters. The second kappa shape index (κ2) is 9.98. The Hall–Kier alpha value is -1.83. The van der Waals surface area contributed by atoms with E-state index in [1.807, 2.05) is 6.92 Å². The van der Waals surface area contributed by atoms with E-state index in [1.165, 1.54) is 0 Å². The maximum absolute atomic E-state index is 12.0. The highest BCUT2D eigenvalue weighted by molar-refractivity contribution is 5.94. The third kappa shape index (κ3) is 6.44. The van der Waals surface area contributed by atoms with Gasteiger partial charge in [0.05, 0.1) is 6.61 Å². The first-order chi connectivity index (χ1) is 10.2. The van der Waals surface area contributed by atoms with Gasteiger partial charge < -0.3 is 15.2 Å². The van der Waals surface area contributed by atoms with Gasteiger partial charge in [0.2, 0.25) is 0 Å². The SMILES string of the molecule is CCCCOCCNC(=O)c1ccc(C#CCO)c(C)c1. The lowest BCUT2D eigenvalue weighted by Gasteiger charge is -2.07. The number of nitrogens with one attached hydrogen (secondary N) is 1. The van der Waals surface area contributed by atoms with Crippen LogP contribution in [0.4, 0.5) is 0 Å². The van der Waals surface area contributed by atoms with Crippen molar-refractivity contribution >= 4 is 5.91 Å². The number of aliphatic hydroxyl groups is 1. The van der Waals surface area contributed by atoms with E-state index < -0.39 is 0 Å². The Labute approximate surface area is 126 Å². The summed E-state index contributed by atoms with van der Waals surface area (Å²) in [4.78, 5) is 12.0. The van der Waals surface area contributed by atoms with Gasteiger partial charge in [-0.25, -0.2) is 0 Å². The van der Waals surface area contributed by atoms with E-state index in [2.05, 4.69) is 24.1 Å². The monoisotopic (exact) mass is 289 g/mol. The van der Waals surface area contributed by atoms with Crippen LogP contribution in [0.1, 0.15) is 41.3 Å². The van der Waals surface area contributed by atoms with Crippen molar-refractivity contribution in [1.82, 2.24) is 5.32 Å². The largest absolute Gasteiger partial charge is 0.384 e. The van der Waals surface area contributed by atoms with Crippen LogP contribution < -0.4 is 5.32 Å². The number of aliphatic hydroxyl groups excluding tert-OH is 1. The highest BCUT2D eigenvalue weighted by Gasteiger charge is 2.06. The van der Waals surface area contributed by atoms with E-state index in [-0.39, 0.29) is 12.5 Å². The predicted octanol–water partition coefficient (Wildman–Crippen LogP) is 1.89. The topological polar surface area (TPSA) is 58.6 Å². The summed E-state index contributed by atoms with van der Waals surface area (Å²) in [7, 11) is 0. The average Bonchev–Trinajstić information content (AvgIpc) is 2.49. The summed E-state index contributed by atoms with van der Waals surface area (Å²) in [6, 6.07) is 5.33. The lowest BCUT2D eigenvalue weighted by molar-refractivity contribution is 0.0912. The van der Waals surface area contributed by atoms with Gasteiger partial charge in [0.15, 0.2) is 0 Å². The Morgan fingerprint density at radius 2 is 2.19 bits per heavy atom. The summed E-state index contributed by atoms with van der Waals surface area (Å²) < 4.78 is 5.39. The molecule has 1 amide bonds. The zero-order chi connectivity index (χ0) is 15.5. The minimum absolute atomic E-state index is 0.112. The number of hydrogen-bond acceptors (Lipinski definition) is 3. The van der Waals surface area contributed by atoms with Crippen LogP contribution in [-0.4, -0.2) is 37.4 Å². The van der Waals surface area contributed by atoms with Gasteiger partial charge in [0.1, 0.15) is 6.61 Å². The molecule has 0 aromatic heterocycles. The fraction of sp³-hybridized carbons (Fsp3) is 0.471. The summed E-state index contributed by atoms with van der Waals surface area (Å²) >= 11 is 0. The number of unbranched alkanes of at least 4 members (excludes halogenated alkanes) is 1. The van der Waals surface area contributed by atoms with Crippen molar-refractivity contribution in [2.45, 2.75) is 26.7 Å². The van der Waals surface area contributed by atoms with E-state index in [4.69, 9.17) is 9.84 Å². The molecule has 1 aromatic carbocycles. The molecule has 21 heavy (non-hydrogen) atoms. The molecule has 0 heterocycles. The first-order valence-electron chi connectivity index (χ1n) is 7.25. The van der Waals surface area contributed by atoms with Gasteiger partial charge in [-0.15, -0.1) is 0 Å². The Kier molecular flexibility index (Phi) is 8.18. The Balaban J connectivity index is 2.46. The third-order valence-electron chi connectivity index (χ3n) is 2.96. The number of carbonyl (C=O) groups excluding carboxylic acids is 1. The van der Waals surface area contributed by atoms with Crippen molar-refractivity contribution in [3.63, 3.8) is 0 Å². The van der Waals surface area contributed by atoms with E-state index in [0.29, 0.717) is 18.7 Å². The van der Waals surface area contributed by atoms with Crippen molar-refractivity contribution in [2.24, 2.45) is 0 Å². The van der Waals surface area contributed by atoms with Gasteiger partial charge in [0, 0.05) is 24.3 Å². The highest BCUT2D eigenvalue weighted by atomic mass is 16.5. The maximum Gasteiger partial charge on any atom is 0.251 e. The van der Waals surface area contributed by atoms with Gasteiger partial charge in [-0.3, -0.25) is 4.79 Å². The van der Waals surface area contributed by atoms with Crippen LogP contribution in [0.5, 0.6) is 0 Å². The normalized spacial score (nSPS) is 9.86.